The Hall–Kier alpha value is -1.85. The van der Waals surface area contributed by atoms with Crippen LogP contribution in [0.15, 0.2) is 6.33 Å². The molecule has 1 aliphatic rings. The van der Waals surface area contributed by atoms with Crippen LogP contribution in [-0.4, -0.2) is 26.5 Å². The first kappa shape index (κ1) is 12.2. The third-order valence-electron chi connectivity index (χ3n) is 3.86. The van der Waals surface area contributed by atoms with Gasteiger partial charge in [-0.25, -0.2) is 4.98 Å². The van der Waals surface area contributed by atoms with Crippen LogP contribution in [0.25, 0.3) is 11.2 Å². The maximum Gasteiger partial charge on any atom is 0.224 e. The molecule has 6 nitrogen and oxygen atoms in total. The van der Waals surface area contributed by atoms with Gasteiger partial charge in [-0.05, 0) is 18.8 Å². The lowest BCUT2D eigenvalue weighted by Gasteiger charge is -2.10. The molecule has 0 radical (unpaired) electrons. The van der Waals surface area contributed by atoms with E-state index in [1.807, 2.05) is 0 Å². The summed E-state index contributed by atoms with van der Waals surface area (Å²) in [6.45, 7) is 0.918. The summed E-state index contributed by atoms with van der Waals surface area (Å²) < 4.78 is 0. The van der Waals surface area contributed by atoms with Gasteiger partial charge >= 0.3 is 0 Å². The number of hydrogen-bond acceptors (Lipinski definition) is 5. The number of H-pyrrole nitrogens is 1. The molecule has 2 aromatic heterocycles. The monoisotopic (exact) mass is 260 g/mol. The molecule has 1 aliphatic carbocycles. The maximum absolute atomic E-state index is 5.67. The van der Waals surface area contributed by atoms with E-state index in [-0.39, 0.29) is 5.95 Å². The van der Waals surface area contributed by atoms with Crippen LogP contribution in [0.3, 0.4) is 0 Å². The van der Waals surface area contributed by atoms with Gasteiger partial charge < -0.3 is 16.0 Å². The number of nitrogens with one attached hydrogen (secondary N) is 2. The van der Waals surface area contributed by atoms with Crippen molar-refractivity contribution in [2.75, 3.05) is 17.6 Å². The second-order valence-corrected chi connectivity index (χ2v) is 5.25. The molecule has 0 aliphatic heterocycles. The number of nitrogens with zero attached hydrogens (tertiary/aromatic N) is 3. The molecule has 2 heterocycles. The third-order valence-corrected chi connectivity index (χ3v) is 3.86. The fraction of sp³-hybridized carbons (Fsp3) is 0.615. The summed E-state index contributed by atoms with van der Waals surface area (Å²) >= 11 is 0. The Labute approximate surface area is 112 Å². The molecule has 102 valence electrons. The van der Waals surface area contributed by atoms with Crippen molar-refractivity contribution in [1.29, 1.82) is 0 Å². The predicted octanol–water partition coefficient (Wildman–Crippen LogP) is 2.32. The molecule has 0 saturated heterocycles. The number of aromatic amines is 1. The minimum Gasteiger partial charge on any atom is -0.368 e. The maximum atomic E-state index is 5.67. The lowest BCUT2D eigenvalue weighted by molar-refractivity contribution is 0.491. The highest BCUT2D eigenvalue weighted by Gasteiger charge is 2.14. The average molecular weight is 260 g/mol. The standard InChI is InChI=1S/C13H20N6/c14-13-18-11(10-12(19-13)17-8-16-10)15-7-3-6-9-4-1-2-5-9/h8-9H,1-7H2,(H4,14,15,16,17,18,19). The predicted molar refractivity (Wildman–Crippen MR) is 75.8 cm³/mol. The van der Waals surface area contributed by atoms with Gasteiger partial charge in [0, 0.05) is 6.54 Å². The summed E-state index contributed by atoms with van der Waals surface area (Å²) in [5, 5.41) is 3.34. The van der Waals surface area contributed by atoms with E-state index in [0.717, 1.165) is 23.8 Å². The zero-order valence-electron chi connectivity index (χ0n) is 11.0. The zero-order valence-corrected chi connectivity index (χ0v) is 11.0. The molecule has 0 amide bonds. The summed E-state index contributed by atoms with van der Waals surface area (Å²) in [5.41, 5.74) is 7.12. The number of aromatic nitrogens is 4. The minimum atomic E-state index is 0.262. The number of fused-ring (bicyclic) bond motifs is 1. The van der Waals surface area contributed by atoms with Crippen LogP contribution in [0.5, 0.6) is 0 Å². The van der Waals surface area contributed by atoms with E-state index in [2.05, 4.69) is 25.3 Å². The van der Waals surface area contributed by atoms with Gasteiger partial charge in [0.05, 0.1) is 6.33 Å². The second kappa shape index (κ2) is 5.42. The van der Waals surface area contributed by atoms with E-state index in [0.29, 0.717) is 5.65 Å². The van der Waals surface area contributed by atoms with Crippen LogP contribution < -0.4 is 11.1 Å². The number of imidazole rings is 1. The SMILES string of the molecule is Nc1nc(NCCCC2CCCC2)c2[nH]cnc2n1. The van der Waals surface area contributed by atoms with Crippen molar-refractivity contribution in [1.82, 2.24) is 19.9 Å². The van der Waals surface area contributed by atoms with Crippen LogP contribution in [0.1, 0.15) is 38.5 Å². The van der Waals surface area contributed by atoms with Gasteiger partial charge in [0.2, 0.25) is 5.95 Å². The number of anilines is 2. The summed E-state index contributed by atoms with van der Waals surface area (Å²) in [5.74, 6) is 1.95. The van der Waals surface area contributed by atoms with E-state index >= 15 is 0 Å². The molecule has 0 bridgehead atoms. The van der Waals surface area contributed by atoms with Crippen LogP contribution in [0.4, 0.5) is 11.8 Å². The minimum absolute atomic E-state index is 0.262. The van der Waals surface area contributed by atoms with Crippen molar-refractivity contribution < 1.29 is 0 Å². The van der Waals surface area contributed by atoms with Crippen LogP contribution in [-0.2, 0) is 0 Å². The van der Waals surface area contributed by atoms with Crippen molar-refractivity contribution in [2.24, 2.45) is 5.92 Å². The van der Waals surface area contributed by atoms with E-state index < -0.39 is 0 Å². The Morgan fingerprint density at radius 2 is 2.16 bits per heavy atom. The van der Waals surface area contributed by atoms with E-state index in [9.17, 15) is 0 Å². The smallest absolute Gasteiger partial charge is 0.224 e. The fourth-order valence-corrected chi connectivity index (χ4v) is 2.87. The number of nitrogens with two attached hydrogens (primary N) is 1. The second-order valence-electron chi connectivity index (χ2n) is 5.25. The van der Waals surface area contributed by atoms with E-state index in [4.69, 9.17) is 5.73 Å². The first-order chi connectivity index (χ1) is 9.33. The lowest BCUT2D eigenvalue weighted by Crippen LogP contribution is -2.08. The average Bonchev–Trinajstić information content (AvgIpc) is 3.04. The zero-order chi connectivity index (χ0) is 13.1. The molecule has 1 fully saturated rings. The van der Waals surface area contributed by atoms with Gasteiger partial charge in [0.25, 0.3) is 0 Å². The highest BCUT2D eigenvalue weighted by molar-refractivity contribution is 5.83. The van der Waals surface area contributed by atoms with Crippen molar-refractivity contribution in [2.45, 2.75) is 38.5 Å². The fourth-order valence-electron chi connectivity index (χ4n) is 2.87. The van der Waals surface area contributed by atoms with Crippen molar-refractivity contribution in [3.8, 4) is 0 Å². The molecule has 3 rings (SSSR count). The first-order valence-electron chi connectivity index (χ1n) is 7.03. The quantitative estimate of drug-likeness (QED) is 0.717. The molecule has 4 N–H and O–H groups in total. The Morgan fingerprint density at radius 3 is 3.00 bits per heavy atom. The molecular formula is C13H20N6. The highest BCUT2D eigenvalue weighted by atomic mass is 15.1. The normalized spacial score (nSPS) is 16.2. The summed E-state index contributed by atoms with van der Waals surface area (Å²) in [6, 6.07) is 0. The number of nitrogen functional groups attached to an aromatic ring is 1. The lowest BCUT2D eigenvalue weighted by atomic mass is 10.0. The highest BCUT2D eigenvalue weighted by Crippen LogP contribution is 2.28. The van der Waals surface area contributed by atoms with Crippen LogP contribution >= 0.6 is 0 Å². The van der Waals surface area contributed by atoms with Gasteiger partial charge in [-0.15, -0.1) is 0 Å². The number of hydrogen-bond donors (Lipinski definition) is 3. The molecule has 0 aromatic carbocycles. The van der Waals surface area contributed by atoms with Crippen LogP contribution in [0.2, 0.25) is 0 Å². The molecule has 1 saturated carbocycles. The van der Waals surface area contributed by atoms with Gasteiger partial charge in [0.15, 0.2) is 11.5 Å². The first-order valence-corrected chi connectivity index (χ1v) is 7.03. The van der Waals surface area contributed by atoms with Gasteiger partial charge in [-0.1, -0.05) is 25.7 Å². The van der Waals surface area contributed by atoms with Crippen molar-refractivity contribution in [3.05, 3.63) is 6.33 Å². The molecule has 0 unspecified atom stereocenters. The number of rotatable bonds is 5. The topological polar surface area (TPSA) is 92.5 Å². The van der Waals surface area contributed by atoms with E-state index in [1.54, 1.807) is 6.33 Å². The van der Waals surface area contributed by atoms with Crippen molar-refractivity contribution >= 4 is 22.9 Å². The van der Waals surface area contributed by atoms with Crippen LogP contribution in [0, 0.1) is 5.92 Å². The van der Waals surface area contributed by atoms with Gasteiger partial charge in [-0.2, -0.15) is 9.97 Å². The largest absolute Gasteiger partial charge is 0.368 e. The Kier molecular flexibility index (Phi) is 3.48. The molecule has 0 atom stereocenters. The Morgan fingerprint density at radius 1 is 1.32 bits per heavy atom. The van der Waals surface area contributed by atoms with E-state index in [1.165, 1.54) is 38.5 Å². The molecule has 0 spiro atoms. The molecule has 6 heteroatoms. The van der Waals surface area contributed by atoms with Crippen molar-refractivity contribution in [3.63, 3.8) is 0 Å². The summed E-state index contributed by atoms with van der Waals surface area (Å²) in [4.78, 5) is 15.4. The van der Waals surface area contributed by atoms with Gasteiger partial charge in [-0.3, -0.25) is 0 Å². The summed E-state index contributed by atoms with van der Waals surface area (Å²) in [7, 11) is 0. The third kappa shape index (κ3) is 2.77. The molecular weight excluding hydrogens is 240 g/mol. The Bertz CT molecular complexity index is 543. The van der Waals surface area contributed by atoms with Gasteiger partial charge in [0.1, 0.15) is 5.52 Å². The molecule has 19 heavy (non-hydrogen) atoms. The molecule has 2 aromatic rings. The Balaban J connectivity index is 1.57. The summed E-state index contributed by atoms with van der Waals surface area (Å²) in [6.07, 6.45) is 9.73.